The number of pyridine rings is 1. The van der Waals surface area contributed by atoms with Gasteiger partial charge >= 0.3 is 24.5 Å². The molecule has 3 aromatic rings. The number of amides is 2. The van der Waals surface area contributed by atoms with Crippen molar-refractivity contribution in [3.05, 3.63) is 107 Å². The van der Waals surface area contributed by atoms with Crippen LogP contribution in [-0.2, 0) is 16.8 Å². The molecule has 2 aromatic carbocycles. The maximum atomic E-state index is 13.9. The molecule has 7 nitrogen and oxygen atoms in total. The molecule has 0 saturated heterocycles. The third-order valence-electron chi connectivity index (χ3n) is 7.68. The lowest BCUT2D eigenvalue weighted by atomic mass is 9.80. The van der Waals surface area contributed by atoms with Crippen LogP contribution in [0.3, 0.4) is 0 Å². The zero-order valence-electron chi connectivity index (χ0n) is 21.9. The summed E-state index contributed by atoms with van der Waals surface area (Å²) in [5.41, 5.74) is -0.403. The van der Waals surface area contributed by atoms with Crippen LogP contribution in [0.1, 0.15) is 23.2 Å². The lowest BCUT2D eigenvalue weighted by Crippen LogP contribution is -2.56. The Morgan fingerprint density at radius 1 is 1.05 bits per heavy atom. The van der Waals surface area contributed by atoms with Crippen LogP contribution >= 0.6 is 11.6 Å². The first kappa shape index (κ1) is 29.4. The predicted molar refractivity (Wildman–Crippen MR) is 146 cm³/mol. The van der Waals surface area contributed by atoms with Crippen LogP contribution in [0.2, 0.25) is 5.02 Å². The molecule has 5 rings (SSSR count). The second-order valence-corrected chi connectivity index (χ2v) is 10.8. The number of carbonyl (C=O) groups excluding carboxylic acids is 1. The topological polar surface area (TPSA) is 101 Å². The highest BCUT2D eigenvalue weighted by Gasteiger charge is 2.50. The zero-order valence-corrected chi connectivity index (χ0v) is 22.6. The second kappa shape index (κ2) is 11.6. The summed E-state index contributed by atoms with van der Waals surface area (Å²) in [4.78, 5) is 30.2. The van der Waals surface area contributed by atoms with E-state index < -0.39 is 47.8 Å². The van der Waals surface area contributed by atoms with Crippen molar-refractivity contribution in [2.24, 2.45) is 17.8 Å². The summed E-state index contributed by atoms with van der Waals surface area (Å²) in [6, 6.07) is 15.7. The van der Waals surface area contributed by atoms with E-state index in [0.717, 1.165) is 12.1 Å². The lowest BCUT2D eigenvalue weighted by Gasteiger charge is -2.37. The summed E-state index contributed by atoms with van der Waals surface area (Å²) < 4.78 is 57.9. The van der Waals surface area contributed by atoms with Crippen molar-refractivity contribution in [3.8, 4) is 5.75 Å². The van der Waals surface area contributed by atoms with Crippen molar-refractivity contribution in [2.75, 3.05) is 0 Å². The van der Waals surface area contributed by atoms with E-state index in [-0.39, 0.29) is 29.5 Å². The smallest absolute Gasteiger partial charge is 0.461 e. The number of carboxylic acid groups (broad SMARTS) is 1. The van der Waals surface area contributed by atoms with Gasteiger partial charge in [-0.3, -0.25) is 9.78 Å². The number of rotatable bonds is 10. The Labute approximate surface area is 243 Å². The van der Waals surface area contributed by atoms with E-state index in [1.54, 1.807) is 36.4 Å². The monoisotopic (exact) mass is 603 g/mol. The molecule has 2 amide bonds. The number of allylic oxidation sites excluding steroid dienone is 1. The average molecular weight is 604 g/mol. The number of nitrogens with zero attached hydrogens (tertiary/aromatic N) is 1. The Morgan fingerprint density at radius 3 is 2.45 bits per heavy atom. The van der Waals surface area contributed by atoms with Crippen LogP contribution in [-0.4, -0.2) is 40.7 Å². The summed E-state index contributed by atoms with van der Waals surface area (Å²) in [5, 5.41) is 15.9. The number of benzene rings is 2. The van der Waals surface area contributed by atoms with Crippen molar-refractivity contribution >= 4 is 23.6 Å². The number of aromatic nitrogens is 1. The largest absolute Gasteiger partial charge is 0.481 e. The molecule has 1 saturated carbocycles. The Balaban J connectivity index is 1.58. The number of nitrogens with one attached hydrogen (secondary N) is 2. The van der Waals surface area contributed by atoms with Gasteiger partial charge in [0.25, 0.3) is 0 Å². The van der Waals surface area contributed by atoms with Gasteiger partial charge < -0.3 is 20.5 Å². The number of hydrogen-bond donors (Lipinski definition) is 3. The summed E-state index contributed by atoms with van der Waals surface area (Å²) >= 11 is 6.10. The summed E-state index contributed by atoms with van der Waals surface area (Å²) in [6.45, 7) is 0. The minimum absolute atomic E-state index is 0.0452. The minimum atomic E-state index is -4.76. The molecule has 220 valence electrons. The molecule has 2 aliphatic carbocycles. The van der Waals surface area contributed by atoms with Gasteiger partial charge in [0.2, 0.25) is 0 Å². The molecule has 1 heterocycles. The molecule has 0 spiro atoms. The molecule has 0 unspecified atom stereocenters. The molecule has 0 aliphatic heterocycles. The van der Waals surface area contributed by atoms with Gasteiger partial charge in [0.1, 0.15) is 11.3 Å². The number of urea groups is 1. The van der Waals surface area contributed by atoms with Crippen LogP contribution in [0.4, 0.5) is 22.4 Å². The van der Waals surface area contributed by atoms with Gasteiger partial charge in [0, 0.05) is 12.6 Å². The summed E-state index contributed by atoms with van der Waals surface area (Å²) in [6.07, 6.45) is -3.12. The van der Waals surface area contributed by atoms with Crippen molar-refractivity contribution in [3.63, 3.8) is 0 Å². The first-order valence-electron chi connectivity index (χ1n) is 13.1. The highest BCUT2D eigenvalue weighted by Crippen LogP contribution is 2.44. The molecule has 5 atom stereocenters. The van der Waals surface area contributed by atoms with Gasteiger partial charge in [0.05, 0.1) is 22.7 Å². The van der Waals surface area contributed by atoms with Gasteiger partial charge in [0.15, 0.2) is 0 Å². The second-order valence-electron chi connectivity index (χ2n) is 10.4. The molecule has 3 N–H and O–H groups in total. The predicted octanol–water partition coefficient (Wildman–Crippen LogP) is 6.03. The van der Waals surface area contributed by atoms with Crippen LogP contribution in [0, 0.1) is 17.8 Å². The molecule has 0 radical (unpaired) electrons. The number of alkyl halides is 4. The highest BCUT2D eigenvalue weighted by atomic mass is 35.5. The summed E-state index contributed by atoms with van der Waals surface area (Å²) in [7, 11) is 0. The fraction of sp³-hybridized carbons (Fsp3) is 0.300. The molecule has 2 bridgehead atoms. The number of carbonyl (C=O) groups is 2. The van der Waals surface area contributed by atoms with E-state index in [1.165, 1.54) is 24.4 Å². The van der Waals surface area contributed by atoms with Crippen LogP contribution in [0.15, 0.2) is 85.1 Å². The number of hydrogen-bond acceptors (Lipinski definition) is 4. The van der Waals surface area contributed by atoms with Gasteiger partial charge in [-0.15, -0.1) is 0 Å². The molecule has 1 fully saturated rings. The van der Waals surface area contributed by atoms with Crippen molar-refractivity contribution in [1.82, 2.24) is 15.6 Å². The maximum absolute atomic E-state index is 13.9. The quantitative estimate of drug-likeness (QED) is 0.194. The van der Waals surface area contributed by atoms with Crippen LogP contribution in [0.25, 0.3) is 0 Å². The van der Waals surface area contributed by atoms with E-state index in [1.807, 2.05) is 12.2 Å². The highest BCUT2D eigenvalue weighted by molar-refractivity contribution is 6.30. The lowest BCUT2D eigenvalue weighted by molar-refractivity contribution is -0.253. The van der Waals surface area contributed by atoms with Crippen molar-refractivity contribution in [1.29, 1.82) is 0 Å². The molecule has 1 aromatic heterocycles. The molecule has 12 heteroatoms. The Bertz CT molecular complexity index is 1470. The maximum Gasteiger partial charge on any atom is 0.461 e. The Morgan fingerprint density at radius 2 is 1.79 bits per heavy atom. The van der Waals surface area contributed by atoms with E-state index in [2.05, 4.69) is 20.4 Å². The first-order chi connectivity index (χ1) is 20.0. The van der Waals surface area contributed by atoms with Crippen LogP contribution < -0.4 is 15.4 Å². The van der Waals surface area contributed by atoms with Crippen LogP contribution in [0.5, 0.6) is 5.75 Å². The number of aliphatic carboxylic acids is 1. The zero-order chi connectivity index (χ0) is 30.1. The van der Waals surface area contributed by atoms with Gasteiger partial charge in [-0.25, -0.2) is 4.79 Å². The molecular weight excluding hydrogens is 578 g/mol. The number of ether oxygens (including phenoxy) is 1. The summed E-state index contributed by atoms with van der Waals surface area (Å²) in [5.74, 6) is -2.80. The van der Waals surface area contributed by atoms with E-state index >= 15 is 0 Å². The Hall–Kier alpha value is -4.12. The minimum Gasteiger partial charge on any atom is -0.481 e. The number of halogens is 5. The molecule has 42 heavy (non-hydrogen) atoms. The SMILES string of the molecule is O=C(N[C@@H]1[C@H](C(=O)O)[C@H]2C=C[C@@H]1C2)N[C@@](Cc1ccccc1)(c1cccc(OC(F)(F)C(F)F)c1)c1ccc(Cl)cn1. The van der Waals surface area contributed by atoms with E-state index in [9.17, 15) is 32.3 Å². The standard InChI is InChI=1S/C30H26ClF4N3O4/c31-21-11-12-23(36-16-21)29(15-17-5-2-1-3-6-17,20-7-4-8-22(14-20)42-30(34,35)27(32)33)38-28(41)37-25-19-10-9-18(13-19)24(25)26(39)40/h1-12,14,16,18-19,24-25,27H,13,15H2,(H,39,40)(H2,37,38,41)/t18-,19+,24+,25-,29-/m0/s1. The van der Waals surface area contributed by atoms with Crippen molar-refractivity contribution < 1.29 is 37.0 Å². The molecule has 2 aliphatic rings. The van der Waals surface area contributed by atoms with Crippen molar-refractivity contribution in [2.45, 2.75) is 37.0 Å². The van der Waals surface area contributed by atoms with Gasteiger partial charge in [-0.05, 0) is 53.6 Å². The fourth-order valence-electron chi connectivity index (χ4n) is 5.81. The van der Waals surface area contributed by atoms with Gasteiger partial charge in [-0.2, -0.15) is 17.6 Å². The molecular formula is C30H26ClF4N3O4. The number of fused-ring (bicyclic) bond motifs is 2. The first-order valence-corrected chi connectivity index (χ1v) is 13.5. The van der Waals surface area contributed by atoms with E-state index in [0.29, 0.717) is 17.0 Å². The van der Waals surface area contributed by atoms with Gasteiger partial charge in [-0.1, -0.05) is 66.2 Å². The third-order valence-corrected chi connectivity index (χ3v) is 7.90. The van der Waals surface area contributed by atoms with E-state index in [4.69, 9.17) is 11.6 Å². The average Bonchev–Trinajstić information content (AvgIpc) is 3.55. The Kier molecular flexibility index (Phi) is 8.14. The normalized spacial score (nSPS) is 22.5. The fourth-order valence-corrected chi connectivity index (χ4v) is 5.93. The third kappa shape index (κ3) is 5.92. The number of carboxylic acids is 1.